The number of urea groups is 1. The van der Waals surface area contributed by atoms with E-state index in [2.05, 4.69) is 17.1 Å². The molecular formula is C22H21ClFN4O3+. The number of aromatic nitrogens is 2. The summed E-state index contributed by atoms with van der Waals surface area (Å²) in [5.74, 6) is -0.981. The summed E-state index contributed by atoms with van der Waals surface area (Å²) in [7, 11) is 0. The average molecular weight is 444 g/mol. The van der Waals surface area contributed by atoms with Gasteiger partial charge in [0, 0.05) is 5.56 Å². The Morgan fingerprint density at radius 2 is 2.10 bits per heavy atom. The summed E-state index contributed by atoms with van der Waals surface area (Å²) in [6.45, 7) is 2.43. The third-order valence-corrected chi connectivity index (χ3v) is 5.54. The van der Waals surface area contributed by atoms with E-state index < -0.39 is 17.8 Å². The second-order valence-corrected chi connectivity index (χ2v) is 7.76. The van der Waals surface area contributed by atoms with Crippen LogP contribution >= 0.6 is 11.6 Å². The van der Waals surface area contributed by atoms with E-state index in [-0.39, 0.29) is 29.2 Å². The number of rotatable bonds is 7. The first kappa shape index (κ1) is 21.1. The minimum Gasteiger partial charge on any atom is -0.335 e. The molecule has 1 aromatic carbocycles. The Hall–Kier alpha value is -3.13. The van der Waals surface area contributed by atoms with Crippen LogP contribution in [0, 0.1) is 11.7 Å². The highest BCUT2D eigenvalue weighted by molar-refractivity contribution is 6.30. The lowest BCUT2D eigenvalue weighted by molar-refractivity contribution is -0.460. The lowest BCUT2D eigenvalue weighted by Crippen LogP contribution is -2.54. The van der Waals surface area contributed by atoms with Crippen LogP contribution in [0.5, 0.6) is 0 Å². The molecule has 0 saturated heterocycles. The third-order valence-electron chi connectivity index (χ3n) is 5.23. The number of hydrogen-bond donors (Lipinski definition) is 0. The maximum atomic E-state index is 13.8. The van der Waals surface area contributed by atoms with Crippen LogP contribution in [-0.4, -0.2) is 43.8 Å². The Morgan fingerprint density at radius 3 is 2.87 bits per heavy atom. The van der Waals surface area contributed by atoms with Gasteiger partial charge in [-0.25, -0.2) is 9.18 Å². The van der Waals surface area contributed by atoms with Crippen LogP contribution in [0.4, 0.5) is 9.18 Å². The van der Waals surface area contributed by atoms with Crippen molar-refractivity contribution in [2.75, 3.05) is 6.54 Å². The topological polar surface area (TPSA) is 79.3 Å². The highest BCUT2D eigenvalue weighted by Crippen LogP contribution is 2.24. The molecule has 2 aromatic rings. The maximum Gasteiger partial charge on any atom is 0.501 e. The summed E-state index contributed by atoms with van der Waals surface area (Å²) in [6.07, 6.45) is 9.76. The van der Waals surface area contributed by atoms with Crippen molar-refractivity contribution < 1.29 is 23.1 Å². The van der Waals surface area contributed by atoms with E-state index in [4.69, 9.17) is 16.1 Å². The second kappa shape index (κ2) is 8.93. The van der Waals surface area contributed by atoms with Gasteiger partial charge in [-0.15, -0.1) is 0 Å². The second-order valence-electron chi connectivity index (χ2n) is 7.35. The largest absolute Gasteiger partial charge is 0.501 e. The van der Waals surface area contributed by atoms with Crippen LogP contribution < -0.4 is 0 Å². The molecule has 4 rings (SSSR count). The molecule has 160 valence electrons. The number of halogens is 2. The number of fused-ring (bicyclic) bond motifs is 1. The molecule has 0 fully saturated rings. The molecule has 0 radical (unpaired) electrons. The standard InChI is InChI=1S/C22H21ClFN4O3/c1-2-3-6-11-27-21(29)15-7-4-5-8-18(15)28(22(27)30)13-19-25-20(26-31-19)14-9-10-16(23)17(24)12-14/h4-5,7-10,12,15H,2-3,6,11,13H2,1H3/q+1. The van der Waals surface area contributed by atoms with Crippen molar-refractivity contribution in [1.29, 1.82) is 0 Å². The predicted molar refractivity (Wildman–Crippen MR) is 112 cm³/mol. The number of benzene rings is 1. The van der Waals surface area contributed by atoms with E-state index in [1.165, 1.54) is 21.6 Å². The van der Waals surface area contributed by atoms with Gasteiger partial charge in [0.05, 0.1) is 11.6 Å². The van der Waals surface area contributed by atoms with Crippen LogP contribution in [0.15, 0.2) is 47.0 Å². The number of allylic oxidation sites excluding steroid dienone is 3. The zero-order valence-corrected chi connectivity index (χ0v) is 17.7. The SMILES string of the molecule is CCCCCN1C(=O)C2C=CC=CC2=[N+](Cc2nc(-c3ccc(Cl)c(F)c3)no2)C1=O. The highest BCUT2D eigenvalue weighted by Gasteiger charge is 2.46. The van der Waals surface area contributed by atoms with Crippen molar-refractivity contribution in [3.63, 3.8) is 0 Å². The number of hydrogen-bond acceptors (Lipinski definition) is 5. The molecule has 0 saturated carbocycles. The van der Waals surface area contributed by atoms with E-state index in [0.29, 0.717) is 17.8 Å². The number of imide groups is 1. The Bertz CT molecular complexity index is 1120. The third kappa shape index (κ3) is 4.20. The van der Waals surface area contributed by atoms with E-state index >= 15 is 0 Å². The van der Waals surface area contributed by atoms with Gasteiger partial charge in [-0.1, -0.05) is 48.3 Å². The van der Waals surface area contributed by atoms with Gasteiger partial charge in [0.15, 0.2) is 6.54 Å². The monoisotopic (exact) mass is 443 g/mol. The fraction of sp³-hybridized carbons (Fsp3) is 0.318. The molecule has 1 aliphatic carbocycles. The lowest BCUT2D eigenvalue weighted by atomic mass is 9.94. The molecule has 3 amide bonds. The smallest absolute Gasteiger partial charge is 0.335 e. The van der Waals surface area contributed by atoms with Gasteiger partial charge in [0.2, 0.25) is 5.82 Å². The van der Waals surface area contributed by atoms with E-state index in [0.717, 1.165) is 19.3 Å². The highest BCUT2D eigenvalue weighted by atomic mass is 35.5. The van der Waals surface area contributed by atoms with Gasteiger partial charge < -0.3 is 4.52 Å². The Kier molecular flexibility index (Phi) is 6.08. The molecule has 1 unspecified atom stereocenters. The molecule has 0 bridgehead atoms. The normalized spacial score (nSPS) is 18.2. The van der Waals surface area contributed by atoms with Gasteiger partial charge in [-0.05, 0) is 37.1 Å². The molecular weight excluding hydrogens is 423 g/mol. The molecule has 2 heterocycles. The molecule has 9 heteroatoms. The van der Waals surface area contributed by atoms with Crippen LogP contribution in [-0.2, 0) is 11.3 Å². The number of amides is 3. The van der Waals surface area contributed by atoms with E-state index in [9.17, 15) is 14.0 Å². The summed E-state index contributed by atoms with van der Waals surface area (Å²) >= 11 is 5.72. The van der Waals surface area contributed by atoms with Crippen molar-refractivity contribution in [3.05, 3.63) is 59.2 Å². The maximum absolute atomic E-state index is 13.8. The summed E-state index contributed by atoms with van der Waals surface area (Å²) < 4.78 is 20.6. The summed E-state index contributed by atoms with van der Waals surface area (Å²) in [4.78, 5) is 31.6. The fourth-order valence-electron chi connectivity index (χ4n) is 3.61. The lowest BCUT2D eigenvalue weighted by Gasteiger charge is -2.26. The summed E-state index contributed by atoms with van der Waals surface area (Å²) in [5.41, 5.74) is 0.978. The zero-order chi connectivity index (χ0) is 22.0. The molecule has 1 aromatic heterocycles. The van der Waals surface area contributed by atoms with Crippen LogP contribution in [0.2, 0.25) is 5.02 Å². The first-order valence-electron chi connectivity index (χ1n) is 10.1. The molecule has 0 spiro atoms. The number of unbranched alkanes of at least 4 members (excludes halogenated alkanes) is 2. The predicted octanol–water partition coefficient (Wildman–Crippen LogP) is 4.38. The van der Waals surface area contributed by atoms with Crippen molar-refractivity contribution in [2.45, 2.75) is 32.7 Å². The molecule has 31 heavy (non-hydrogen) atoms. The zero-order valence-electron chi connectivity index (χ0n) is 16.9. The minimum absolute atomic E-state index is 0.00112. The summed E-state index contributed by atoms with van der Waals surface area (Å²) in [5, 5.41) is 3.89. The van der Waals surface area contributed by atoms with Gasteiger partial charge in [0.1, 0.15) is 17.4 Å². The van der Waals surface area contributed by atoms with Crippen LogP contribution in [0.1, 0.15) is 32.1 Å². The van der Waals surface area contributed by atoms with Gasteiger partial charge in [-0.2, -0.15) is 19.3 Å². The van der Waals surface area contributed by atoms with E-state index in [1.807, 2.05) is 0 Å². The molecule has 2 aliphatic rings. The van der Waals surface area contributed by atoms with Crippen molar-refractivity contribution >= 4 is 29.3 Å². The van der Waals surface area contributed by atoms with Crippen molar-refractivity contribution in [2.24, 2.45) is 5.92 Å². The molecule has 0 N–H and O–H groups in total. The molecule has 1 aliphatic heterocycles. The Balaban J connectivity index is 1.63. The fourth-order valence-corrected chi connectivity index (χ4v) is 3.73. The van der Waals surface area contributed by atoms with E-state index in [1.54, 1.807) is 30.4 Å². The van der Waals surface area contributed by atoms with Gasteiger partial charge in [-0.3, -0.25) is 0 Å². The first-order chi connectivity index (χ1) is 15.0. The Morgan fingerprint density at radius 1 is 1.26 bits per heavy atom. The molecule has 7 nitrogen and oxygen atoms in total. The van der Waals surface area contributed by atoms with Crippen LogP contribution in [0.3, 0.4) is 0 Å². The average Bonchev–Trinajstić information content (AvgIpc) is 3.24. The minimum atomic E-state index is -0.588. The quantitative estimate of drug-likeness (QED) is 0.468. The van der Waals surface area contributed by atoms with Crippen molar-refractivity contribution in [1.82, 2.24) is 15.0 Å². The Labute approximate surface area is 183 Å². The van der Waals surface area contributed by atoms with Crippen LogP contribution in [0.25, 0.3) is 11.4 Å². The number of carbonyl (C=O) groups is 2. The summed E-state index contributed by atoms with van der Waals surface area (Å²) in [6, 6.07) is 3.80. The van der Waals surface area contributed by atoms with Gasteiger partial charge in [0.25, 0.3) is 5.89 Å². The van der Waals surface area contributed by atoms with Crippen molar-refractivity contribution in [3.8, 4) is 11.4 Å². The number of carbonyl (C=O) groups excluding carboxylic acids is 2. The van der Waals surface area contributed by atoms with Gasteiger partial charge >= 0.3 is 11.9 Å². The first-order valence-corrected chi connectivity index (χ1v) is 10.5. The number of nitrogens with zero attached hydrogens (tertiary/aromatic N) is 4. The molecule has 1 atom stereocenters.